The third-order valence-corrected chi connectivity index (χ3v) is 4.92. The zero-order chi connectivity index (χ0) is 16.4. The average molecular weight is 363 g/mol. The molecule has 0 bridgehead atoms. The summed E-state index contributed by atoms with van der Waals surface area (Å²) in [6.45, 7) is 0. The van der Waals surface area contributed by atoms with E-state index in [1.807, 2.05) is 4.72 Å². The molecule has 7 nitrogen and oxygen atoms in total. The topological polar surface area (TPSA) is 120 Å². The van der Waals surface area contributed by atoms with Crippen LogP contribution in [0.4, 0.5) is 0 Å². The third kappa shape index (κ3) is 4.87. The Bertz CT molecular complexity index is 910. The van der Waals surface area contributed by atoms with E-state index >= 15 is 0 Å². The van der Waals surface area contributed by atoms with Crippen LogP contribution in [0.3, 0.4) is 0 Å². The van der Waals surface area contributed by atoms with Crippen LogP contribution in [0.15, 0.2) is 64.4 Å². The van der Waals surface area contributed by atoms with Gasteiger partial charge in [0.05, 0.1) is 10.5 Å². The van der Waals surface area contributed by atoms with Crippen LogP contribution in [0.5, 0.6) is 0 Å². The van der Waals surface area contributed by atoms with Gasteiger partial charge in [0.15, 0.2) is 0 Å². The molecule has 0 saturated heterocycles. The molecule has 1 aliphatic heterocycles. The molecule has 0 aromatic heterocycles. The largest absolute Gasteiger partial charge is 1.00 e. The molecule has 0 spiro atoms. The molecule has 1 N–H and O–H groups in total. The van der Waals surface area contributed by atoms with E-state index in [-0.39, 0.29) is 44.9 Å². The van der Waals surface area contributed by atoms with Crippen molar-refractivity contribution in [1.29, 1.82) is 0 Å². The van der Waals surface area contributed by atoms with E-state index in [0.717, 1.165) is 0 Å². The first-order chi connectivity index (χ1) is 10.2. The van der Waals surface area contributed by atoms with Gasteiger partial charge in [0.1, 0.15) is 15.0 Å². The number of amides is 1. The van der Waals surface area contributed by atoms with Crippen molar-refractivity contribution < 1.29 is 55.7 Å². The fourth-order valence-corrected chi connectivity index (χ4v) is 3.37. The molecular formula is C13H10NNaO6S2. The first-order valence-electron chi connectivity index (χ1n) is 5.89. The summed E-state index contributed by atoms with van der Waals surface area (Å²) in [5.74, 6) is -0.550. The van der Waals surface area contributed by atoms with Crippen molar-refractivity contribution in [3.05, 3.63) is 60.2 Å². The van der Waals surface area contributed by atoms with E-state index in [9.17, 15) is 26.2 Å². The Balaban J connectivity index is 0.000000224. The van der Waals surface area contributed by atoms with Crippen LogP contribution < -0.4 is 34.3 Å². The molecule has 2 aromatic carbocycles. The first kappa shape index (κ1) is 19.8. The van der Waals surface area contributed by atoms with E-state index < -0.39 is 26.0 Å². The van der Waals surface area contributed by atoms with E-state index in [4.69, 9.17) is 0 Å². The van der Waals surface area contributed by atoms with Gasteiger partial charge in [-0.05, 0) is 24.3 Å². The minimum atomic E-state index is -4.25. The van der Waals surface area contributed by atoms with Crippen LogP contribution in [-0.4, -0.2) is 27.3 Å². The zero-order valence-corrected chi connectivity index (χ0v) is 15.6. The number of carbonyl (C=O) groups is 1. The van der Waals surface area contributed by atoms with Crippen LogP contribution in [0.1, 0.15) is 10.4 Å². The molecule has 0 unspecified atom stereocenters. The van der Waals surface area contributed by atoms with Crippen LogP contribution in [0.2, 0.25) is 0 Å². The van der Waals surface area contributed by atoms with Gasteiger partial charge in [-0.3, -0.25) is 4.79 Å². The number of fused-ring (bicyclic) bond motifs is 1. The van der Waals surface area contributed by atoms with Crippen molar-refractivity contribution in [2.75, 3.05) is 0 Å². The quantitative estimate of drug-likeness (QED) is 0.450. The normalized spacial score (nSPS) is 14.6. The molecule has 0 fully saturated rings. The number of hydrogen-bond donors (Lipinski definition) is 1. The molecule has 0 radical (unpaired) electrons. The molecule has 1 amide bonds. The maximum Gasteiger partial charge on any atom is 1.00 e. The number of rotatable bonds is 1. The van der Waals surface area contributed by atoms with Gasteiger partial charge in [-0.2, -0.15) is 0 Å². The fourth-order valence-electron chi connectivity index (χ4n) is 1.71. The van der Waals surface area contributed by atoms with Gasteiger partial charge in [-0.1, -0.05) is 30.3 Å². The summed E-state index contributed by atoms with van der Waals surface area (Å²) < 4.78 is 55.0. The van der Waals surface area contributed by atoms with Gasteiger partial charge in [0.25, 0.3) is 15.9 Å². The molecule has 23 heavy (non-hydrogen) atoms. The van der Waals surface area contributed by atoms with Gasteiger partial charge >= 0.3 is 29.6 Å². The summed E-state index contributed by atoms with van der Waals surface area (Å²) >= 11 is 0. The maximum absolute atomic E-state index is 11.1. The SMILES string of the molecule is O=C1NS(=O)(=O)c2ccccc21.O=S(=O)([O-])c1ccccc1.[Na+]. The van der Waals surface area contributed by atoms with Crippen LogP contribution in [-0.2, 0) is 20.1 Å². The first-order valence-corrected chi connectivity index (χ1v) is 8.78. The molecule has 1 aliphatic rings. The summed E-state index contributed by atoms with van der Waals surface area (Å²) in [5, 5.41) is 0. The molecule has 1 heterocycles. The summed E-state index contributed by atoms with van der Waals surface area (Å²) in [7, 11) is -7.81. The molecule has 3 rings (SSSR count). The Morgan fingerprint density at radius 2 is 1.43 bits per heavy atom. The van der Waals surface area contributed by atoms with Crippen LogP contribution >= 0.6 is 0 Å². The van der Waals surface area contributed by atoms with E-state index in [1.54, 1.807) is 18.2 Å². The van der Waals surface area contributed by atoms with E-state index in [0.29, 0.717) is 0 Å². The average Bonchev–Trinajstić information content (AvgIpc) is 2.70. The van der Waals surface area contributed by atoms with Crippen molar-refractivity contribution in [2.24, 2.45) is 0 Å². The molecule has 10 heteroatoms. The predicted octanol–water partition coefficient (Wildman–Crippen LogP) is -2.29. The van der Waals surface area contributed by atoms with Gasteiger partial charge < -0.3 is 4.55 Å². The standard InChI is InChI=1S/C7H5NO3S.C6H6O3S.Na/c9-7-5-3-1-2-4-6(5)12(10,11)8-7;7-10(8,9)6-4-2-1-3-5-6;/h1-4H,(H,8,9);1-5H,(H,7,8,9);/q;;+1/p-1. The number of benzene rings is 2. The summed E-state index contributed by atoms with van der Waals surface area (Å²) in [4.78, 5) is 10.9. The molecular weight excluding hydrogens is 353 g/mol. The van der Waals surface area contributed by atoms with Crippen molar-refractivity contribution in [3.63, 3.8) is 0 Å². The predicted molar refractivity (Wildman–Crippen MR) is 75.5 cm³/mol. The molecule has 116 valence electrons. The summed E-state index contributed by atoms with van der Waals surface area (Å²) in [6, 6.07) is 13.3. The van der Waals surface area contributed by atoms with E-state index in [1.165, 1.54) is 36.4 Å². The number of nitrogens with one attached hydrogen (secondary N) is 1. The van der Waals surface area contributed by atoms with Crippen molar-refractivity contribution in [3.8, 4) is 0 Å². The van der Waals surface area contributed by atoms with Crippen LogP contribution in [0, 0.1) is 0 Å². The molecule has 0 aliphatic carbocycles. The Kier molecular flexibility index (Phi) is 6.51. The molecule has 2 aromatic rings. The third-order valence-electron chi connectivity index (χ3n) is 2.68. The Morgan fingerprint density at radius 1 is 0.913 bits per heavy atom. The van der Waals surface area contributed by atoms with Gasteiger partial charge in [0.2, 0.25) is 0 Å². The van der Waals surface area contributed by atoms with Crippen LogP contribution in [0.25, 0.3) is 0 Å². The second kappa shape index (κ2) is 7.56. The second-order valence-electron chi connectivity index (χ2n) is 4.20. The van der Waals surface area contributed by atoms with Gasteiger partial charge in [-0.25, -0.2) is 21.6 Å². The zero-order valence-electron chi connectivity index (χ0n) is 12.0. The Hall–Kier alpha value is -1.23. The van der Waals surface area contributed by atoms with Crippen molar-refractivity contribution in [1.82, 2.24) is 4.72 Å². The van der Waals surface area contributed by atoms with Crippen molar-refractivity contribution >= 4 is 26.0 Å². The molecule has 0 saturated carbocycles. The Morgan fingerprint density at radius 3 is 1.91 bits per heavy atom. The minimum Gasteiger partial charge on any atom is -0.744 e. The fraction of sp³-hybridized carbons (Fsp3) is 0. The number of carbonyl (C=O) groups excluding carboxylic acids is 1. The van der Waals surface area contributed by atoms with Gasteiger partial charge in [-0.15, -0.1) is 0 Å². The monoisotopic (exact) mass is 363 g/mol. The number of hydrogen-bond acceptors (Lipinski definition) is 6. The summed E-state index contributed by atoms with van der Waals surface area (Å²) in [5.41, 5.74) is 0.220. The van der Waals surface area contributed by atoms with E-state index in [2.05, 4.69) is 0 Å². The summed E-state index contributed by atoms with van der Waals surface area (Å²) in [6.07, 6.45) is 0. The van der Waals surface area contributed by atoms with Gasteiger partial charge in [0, 0.05) is 0 Å². The number of sulfonamides is 1. The smallest absolute Gasteiger partial charge is 0.744 e. The van der Waals surface area contributed by atoms with Crippen molar-refractivity contribution in [2.45, 2.75) is 9.79 Å². The minimum absolute atomic E-state index is 0. The Labute approximate surface area is 155 Å². The second-order valence-corrected chi connectivity index (χ2v) is 7.23. The molecule has 0 atom stereocenters. The maximum atomic E-state index is 11.1.